The number of fused-ring (bicyclic) bond motifs is 2. The van der Waals surface area contributed by atoms with Gasteiger partial charge in [0.25, 0.3) is 0 Å². The Morgan fingerprint density at radius 2 is 1.83 bits per heavy atom. The smallest absolute Gasteiger partial charge is 0.337 e. The summed E-state index contributed by atoms with van der Waals surface area (Å²) in [5.74, 6) is -0.765. The summed E-state index contributed by atoms with van der Waals surface area (Å²) in [7, 11) is 5.67. The van der Waals surface area contributed by atoms with Crippen LogP contribution in [-0.2, 0) is 23.0 Å². The van der Waals surface area contributed by atoms with Crippen LogP contribution in [0.5, 0.6) is 5.75 Å². The first-order chi connectivity index (χ1) is 22.2. The Bertz CT molecular complexity index is 2010. The zero-order valence-corrected chi connectivity index (χ0v) is 28.0. The van der Waals surface area contributed by atoms with Crippen molar-refractivity contribution in [2.75, 3.05) is 25.6 Å². The summed E-state index contributed by atoms with van der Waals surface area (Å²) in [5.41, 5.74) is 6.67. The van der Waals surface area contributed by atoms with Crippen LogP contribution in [0.3, 0.4) is 0 Å². The fourth-order valence-corrected chi connectivity index (χ4v) is 6.28. The molecule has 4 aromatic heterocycles. The van der Waals surface area contributed by atoms with Crippen LogP contribution in [0.1, 0.15) is 55.7 Å². The van der Waals surface area contributed by atoms with Gasteiger partial charge < -0.3 is 24.0 Å². The van der Waals surface area contributed by atoms with Gasteiger partial charge in [0.2, 0.25) is 5.95 Å². The second-order valence-corrected chi connectivity index (χ2v) is 13.1. The minimum absolute atomic E-state index is 0.266. The highest BCUT2D eigenvalue weighted by atomic mass is 19.1. The number of pyridine rings is 2. The summed E-state index contributed by atoms with van der Waals surface area (Å²) in [4.78, 5) is 33.1. The Morgan fingerprint density at radius 3 is 2.49 bits per heavy atom. The maximum atomic E-state index is 15.8. The first kappa shape index (κ1) is 32.1. The maximum absolute atomic E-state index is 15.8. The Kier molecular flexibility index (Phi) is 8.21. The number of ether oxygens (including phenoxy) is 2. The van der Waals surface area contributed by atoms with Gasteiger partial charge in [-0.2, -0.15) is 0 Å². The third-order valence-corrected chi connectivity index (χ3v) is 8.46. The predicted octanol–water partition coefficient (Wildman–Crippen LogP) is 6.85. The molecule has 1 N–H and O–H groups in total. The molecule has 5 heterocycles. The van der Waals surface area contributed by atoms with Gasteiger partial charge in [0, 0.05) is 78.6 Å². The van der Waals surface area contributed by atoms with Crippen LogP contribution in [0.15, 0.2) is 42.9 Å². The number of rotatable bonds is 7. The van der Waals surface area contributed by atoms with E-state index in [1.165, 1.54) is 6.07 Å². The molecule has 1 aromatic carbocycles. The van der Waals surface area contributed by atoms with Crippen LogP contribution in [-0.4, -0.2) is 61.9 Å². The van der Waals surface area contributed by atoms with Crippen molar-refractivity contribution in [3.05, 3.63) is 71.1 Å². The van der Waals surface area contributed by atoms with Crippen LogP contribution in [0.25, 0.3) is 44.7 Å². The Morgan fingerprint density at radius 1 is 1.11 bits per heavy atom. The molecule has 1 atom stereocenters. The van der Waals surface area contributed by atoms with Crippen LogP contribution in [0, 0.1) is 19.7 Å². The monoisotopic (exact) mass is 638 g/mol. The van der Waals surface area contributed by atoms with E-state index in [-0.39, 0.29) is 5.75 Å². The standard InChI is InChI=1S/C36H39FN6O4/c1-19-23-10-9-13-46-31(23)26(37)15-24(19)30-25-16-28(21-11-12-38-27(14-21)22-17-39-35(40-18-22)42(6)7)43(8)33(25)41-20(2)29(30)32(34(44)45)47-36(3,4)5/h11-12,14-18,32H,9-10,13H2,1-8H3,(H,44,45). The molecule has 0 fully saturated rings. The average molecular weight is 639 g/mol. The van der Waals surface area contributed by atoms with Crippen LogP contribution in [0.4, 0.5) is 10.3 Å². The molecule has 0 saturated carbocycles. The lowest BCUT2D eigenvalue weighted by Crippen LogP contribution is -2.28. The Balaban J connectivity index is 1.62. The molecule has 0 radical (unpaired) electrons. The molecule has 0 amide bonds. The number of benzene rings is 1. The number of halogens is 1. The summed E-state index contributed by atoms with van der Waals surface area (Å²) in [6.07, 6.45) is 5.29. The Labute approximate surface area is 273 Å². The molecule has 0 bridgehead atoms. The molecule has 0 saturated heterocycles. The minimum Gasteiger partial charge on any atom is -0.490 e. The van der Waals surface area contributed by atoms with E-state index in [9.17, 15) is 9.90 Å². The topological polar surface area (TPSA) is 115 Å². The molecule has 10 nitrogen and oxygen atoms in total. The fraction of sp³-hybridized carbons (Fsp3) is 0.361. The first-order valence-electron chi connectivity index (χ1n) is 15.6. The number of carboxylic acid groups (broad SMARTS) is 1. The molecule has 1 aliphatic heterocycles. The van der Waals surface area contributed by atoms with E-state index < -0.39 is 23.5 Å². The van der Waals surface area contributed by atoms with Gasteiger partial charge in [0.05, 0.1) is 23.6 Å². The van der Waals surface area contributed by atoms with Gasteiger partial charge in [0.15, 0.2) is 17.7 Å². The average Bonchev–Trinajstić information content (AvgIpc) is 3.36. The van der Waals surface area contributed by atoms with Gasteiger partial charge in [-0.25, -0.2) is 24.1 Å². The largest absolute Gasteiger partial charge is 0.490 e. The molecule has 244 valence electrons. The second kappa shape index (κ2) is 12.0. The lowest BCUT2D eigenvalue weighted by molar-refractivity contribution is -0.160. The zero-order chi connectivity index (χ0) is 33.8. The first-order valence-corrected chi connectivity index (χ1v) is 15.6. The van der Waals surface area contributed by atoms with Crippen molar-refractivity contribution in [2.24, 2.45) is 7.05 Å². The van der Waals surface area contributed by atoms with E-state index in [0.29, 0.717) is 58.1 Å². The van der Waals surface area contributed by atoms with E-state index in [4.69, 9.17) is 14.5 Å². The molecule has 1 unspecified atom stereocenters. The quantitative estimate of drug-likeness (QED) is 0.204. The highest BCUT2D eigenvalue weighted by Crippen LogP contribution is 2.45. The third kappa shape index (κ3) is 5.91. The fourth-order valence-electron chi connectivity index (χ4n) is 6.28. The highest BCUT2D eigenvalue weighted by Gasteiger charge is 2.34. The number of hydrogen-bond donors (Lipinski definition) is 1. The number of aromatic nitrogens is 5. The number of carboxylic acids is 1. The molecular weight excluding hydrogens is 599 g/mol. The molecule has 0 spiro atoms. The summed E-state index contributed by atoms with van der Waals surface area (Å²) in [6.45, 7) is 9.61. The van der Waals surface area contributed by atoms with Crippen molar-refractivity contribution in [1.82, 2.24) is 24.5 Å². The van der Waals surface area contributed by atoms with E-state index in [2.05, 4.69) is 15.0 Å². The molecule has 11 heteroatoms. The van der Waals surface area contributed by atoms with Crippen molar-refractivity contribution in [2.45, 2.75) is 59.2 Å². The second-order valence-electron chi connectivity index (χ2n) is 13.1. The number of aliphatic carboxylic acids is 1. The minimum atomic E-state index is -1.35. The van der Waals surface area contributed by atoms with Crippen LogP contribution in [0.2, 0.25) is 0 Å². The van der Waals surface area contributed by atoms with E-state index >= 15 is 4.39 Å². The van der Waals surface area contributed by atoms with Gasteiger partial charge in [-0.15, -0.1) is 0 Å². The van der Waals surface area contributed by atoms with E-state index in [0.717, 1.165) is 34.4 Å². The molecule has 5 aromatic rings. The number of hydrogen-bond acceptors (Lipinski definition) is 8. The SMILES string of the molecule is Cc1nc2c(cc(-c3ccnc(-c4cnc(N(C)C)nc4)c3)n2C)c(-c2cc(F)c3c(c2C)CCCO3)c1C(OC(C)(C)C)C(=O)O. The summed E-state index contributed by atoms with van der Waals surface area (Å²) < 4.78 is 29.7. The van der Waals surface area contributed by atoms with Crippen LogP contribution < -0.4 is 9.64 Å². The van der Waals surface area contributed by atoms with Crippen LogP contribution >= 0.6 is 0 Å². The summed E-state index contributed by atoms with van der Waals surface area (Å²) in [5, 5.41) is 11.2. The van der Waals surface area contributed by atoms with Gasteiger partial charge in [-0.05, 0) is 82.9 Å². The molecule has 0 aliphatic carbocycles. The molecule has 1 aliphatic rings. The van der Waals surface area contributed by atoms with Gasteiger partial charge in [-0.3, -0.25) is 4.98 Å². The number of aryl methyl sites for hydroxylation is 2. The van der Waals surface area contributed by atoms with Gasteiger partial charge in [0.1, 0.15) is 5.65 Å². The lowest BCUT2D eigenvalue weighted by Gasteiger charge is -2.29. The van der Waals surface area contributed by atoms with Gasteiger partial charge >= 0.3 is 5.97 Å². The molecule has 47 heavy (non-hydrogen) atoms. The lowest BCUT2D eigenvalue weighted by atomic mass is 9.86. The van der Waals surface area contributed by atoms with Crippen molar-refractivity contribution < 1.29 is 23.8 Å². The van der Waals surface area contributed by atoms with Crippen molar-refractivity contribution in [3.63, 3.8) is 0 Å². The van der Waals surface area contributed by atoms with Crippen molar-refractivity contribution in [3.8, 4) is 39.4 Å². The van der Waals surface area contributed by atoms with Gasteiger partial charge in [-0.1, -0.05) is 0 Å². The maximum Gasteiger partial charge on any atom is 0.337 e. The summed E-state index contributed by atoms with van der Waals surface area (Å²) >= 11 is 0. The number of anilines is 1. The Hall–Kier alpha value is -4.90. The van der Waals surface area contributed by atoms with E-state index in [1.54, 1.807) is 25.5 Å². The predicted molar refractivity (Wildman–Crippen MR) is 179 cm³/mol. The van der Waals surface area contributed by atoms with Crippen molar-refractivity contribution in [1.29, 1.82) is 0 Å². The van der Waals surface area contributed by atoms with E-state index in [1.807, 2.05) is 76.5 Å². The normalized spacial score (nSPS) is 13.7. The molecular formula is C36H39FN6O4. The molecule has 6 rings (SSSR count). The number of carbonyl (C=O) groups is 1. The third-order valence-electron chi connectivity index (χ3n) is 8.46. The zero-order valence-electron chi connectivity index (χ0n) is 28.0. The highest BCUT2D eigenvalue weighted by molar-refractivity contribution is 6.01. The summed E-state index contributed by atoms with van der Waals surface area (Å²) in [6, 6.07) is 7.31. The number of nitrogens with zero attached hydrogens (tertiary/aromatic N) is 6. The van der Waals surface area contributed by atoms with Crippen molar-refractivity contribution >= 4 is 23.0 Å².